The fraction of sp³-hybridized carbons (Fsp3) is 0.211. The zero-order valence-electron chi connectivity index (χ0n) is 14.9. The fourth-order valence-electron chi connectivity index (χ4n) is 2.75. The van der Waals surface area contributed by atoms with Crippen LogP contribution in [-0.2, 0) is 10.0 Å². The lowest BCUT2D eigenvalue weighted by atomic mass is 10.2. The Morgan fingerprint density at radius 2 is 1.78 bits per heavy atom. The maximum Gasteiger partial charge on any atom is 0.291 e. The quantitative estimate of drug-likeness (QED) is 0.600. The molecule has 0 bridgehead atoms. The highest BCUT2D eigenvalue weighted by atomic mass is 79.9. The van der Waals surface area contributed by atoms with Gasteiger partial charge < -0.3 is 9.73 Å². The van der Waals surface area contributed by atoms with E-state index in [9.17, 15) is 13.2 Å². The normalized spacial score (nSPS) is 11.9. The number of hydrogen-bond acceptors (Lipinski definition) is 4. The second-order valence-corrected chi connectivity index (χ2v) is 8.63. The van der Waals surface area contributed by atoms with Crippen LogP contribution in [0.15, 0.2) is 62.3 Å². The van der Waals surface area contributed by atoms with Crippen LogP contribution in [-0.4, -0.2) is 31.7 Å². The van der Waals surface area contributed by atoms with Gasteiger partial charge in [-0.05, 0) is 52.3 Å². The molecular formula is C19H19BrN2O4S. The third-order valence-corrected chi connectivity index (χ3v) is 6.86. The van der Waals surface area contributed by atoms with Gasteiger partial charge in [0.05, 0.1) is 9.37 Å². The number of anilines is 1. The Balaban J connectivity index is 1.79. The van der Waals surface area contributed by atoms with Gasteiger partial charge in [-0.3, -0.25) is 4.79 Å². The van der Waals surface area contributed by atoms with E-state index in [-0.39, 0.29) is 10.7 Å². The number of sulfonamides is 1. The number of rotatable bonds is 6. The van der Waals surface area contributed by atoms with Crippen molar-refractivity contribution in [1.29, 1.82) is 0 Å². The van der Waals surface area contributed by atoms with Crippen molar-refractivity contribution in [3.8, 4) is 0 Å². The van der Waals surface area contributed by atoms with E-state index in [0.29, 0.717) is 24.4 Å². The van der Waals surface area contributed by atoms with Crippen LogP contribution in [0.3, 0.4) is 0 Å². The minimum Gasteiger partial charge on any atom is -0.450 e. The second kappa shape index (κ2) is 7.84. The molecule has 0 saturated carbocycles. The summed E-state index contributed by atoms with van der Waals surface area (Å²) in [5.41, 5.74) is 1.08. The molecule has 0 aliphatic rings. The van der Waals surface area contributed by atoms with Crippen LogP contribution in [0.2, 0.25) is 0 Å². The molecule has 1 aromatic heterocycles. The molecule has 27 heavy (non-hydrogen) atoms. The minimum atomic E-state index is -3.52. The summed E-state index contributed by atoms with van der Waals surface area (Å²) in [5.74, 6) is -0.228. The summed E-state index contributed by atoms with van der Waals surface area (Å²) < 4.78 is 32.8. The lowest BCUT2D eigenvalue weighted by Gasteiger charge is -2.18. The van der Waals surface area contributed by atoms with Gasteiger partial charge in [-0.1, -0.05) is 26.0 Å². The highest BCUT2D eigenvalue weighted by Gasteiger charge is 2.21. The molecule has 3 rings (SSSR count). The van der Waals surface area contributed by atoms with Crippen molar-refractivity contribution in [1.82, 2.24) is 4.31 Å². The molecule has 2 aromatic carbocycles. The molecule has 0 saturated heterocycles. The number of nitrogens with zero attached hydrogens (tertiary/aromatic N) is 1. The van der Waals surface area contributed by atoms with Crippen LogP contribution in [0.1, 0.15) is 24.4 Å². The minimum absolute atomic E-state index is 0.178. The average molecular weight is 451 g/mol. The van der Waals surface area contributed by atoms with E-state index in [2.05, 4.69) is 21.2 Å². The first kappa shape index (κ1) is 19.6. The van der Waals surface area contributed by atoms with E-state index in [1.165, 1.54) is 16.4 Å². The first-order valence-corrected chi connectivity index (χ1v) is 10.7. The van der Waals surface area contributed by atoms with Crippen molar-refractivity contribution in [2.45, 2.75) is 18.7 Å². The predicted molar refractivity (Wildman–Crippen MR) is 108 cm³/mol. The number of fused-ring (bicyclic) bond motifs is 1. The van der Waals surface area contributed by atoms with Gasteiger partial charge in [0.1, 0.15) is 5.58 Å². The Labute approximate surface area is 166 Å². The molecule has 0 aliphatic heterocycles. The first-order chi connectivity index (χ1) is 12.9. The summed E-state index contributed by atoms with van der Waals surface area (Å²) in [4.78, 5) is 12.6. The van der Waals surface area contributed by atoms with Gasteiger partial charge >= 0.3 is 0 Å². The number of amides is 1. The Kier molecular flexibility index (Phi) is 5.69. The van der Waals surface area contributed by atoms with Gasteiger partial charge in [0.15, 0.2) is 5.76 Å². The molecule has 0 aliphatic carbocycles. The summed E-state index contributed by atoms with van der Waals surface area (Å²) in [7, 11) is -3.52. The number of carbonyl (C=O) groups excluding carboxylic acids is 1. The second-order valence-electron chi connectivity index (χ2n) is 5.84. The van der Waals surface area contributed by atoms with Crippen molar-refractivity contribution in [2.24, 2.45) is 0 Å². The third kappa shape index (κ3) is 3.92. The third-order valence-electron chi connectivity index (χ3n) is 4.18. The lowest BCUT2D eigenvalue weighted by Crippen LogP contribution is -2.30. The molecule has 0 unspecified atom stereocenters. The number of carbonyl (C=O) groups is 1. The van der Waals surface area contributed by atoms with Crippen molar-refractivity contribution in [3.63, 3.8) is 0 Å². The summed E-state index contributed by atoms with van der Waals surface area (Å²) in [5, 5.41) is 3.53. The van der Waals surface area contributed by atoms with Crippen LogP contribution >= 0.6 is 15.9 Å². The zero-order chi connectivity index (χ0) is 19.6. The smallest absolute Gasteiger partial charge is 0.291 e. The zero-order valence-corrected chi connectivity index (χ0v) is 17.3. The van der Waals surface area contributed by atoms with E-state index < -0.39 is 15.9 Å². The van der Waals surface area contributed by atoms with Crippen LogP contribution in [0, 0.1) is 0 Å². The number of furan rings is 1. The van der Waals surface area contributed by atoms with Crippen molar-refractivity contribution >= 4 is 48.5 Å². The standard InChI is InChI=1S/C19H19BrN2O4S/c1-3-22(4-2)27(24,25)15-10-8-14(9-11-15)21-19(23)17-12-13-6-5-7-16(20)18(13)26-17/h5-12H,3-4H2,1-2H3,(H,21,23). The molecule has 8 heteroatoms. The van der Waals surface area contributed by atoms with Gasteiger partial charge in [0, 0.05) is 24.2 Å². The summed E-state index contributed by atoms with van der Waals surface area (Å²) >= 11 is 3.39. The Hall–Kier alpha value is -2.16. The predicted octanol–water partition coefficient (Wildman–Crippen LogP) is 4.48. The van der Waals surface area contributed by atoms with E-state index in [1.54, 1.807) is 32.0 Å². The highest BCUT2D eigenvalue weighted by Crippen LogP contribution is 2.27. The van der Waals surface area contributed by atoms with Gasteiger partial charge in [-0.25, -0.2) is 8.42 Å². The van der Waals surface area contributed by atoms with E-state index in [4.69, 9.17) is 4.42 Å². The monoisotopic (exact) mass is 450 g/mol. The van der Waals surface area contributed by atoms with Crippen LogP contribution in [0.5, 0.6) is 0 Å². The summed E-state index contributed by atoms with van der Waals surface area (Å²) in [6.07, 6.45) is 0. The highest BCUT2D eigenvalue weighted by molar-refractivity contribution is 9.10. The van der Waals surface area contributed by atoms with Gasteiger partial charge in [0.2, 0.25) is 10.0 Å². The Morgan fingerprint density at radius 1 is 1.11 bits per heavy atom. The van der Waals surface area contributed by atoms with Crippen LogP contribution in [0.25, 0.3) is 11.0 Å². The van der Waals surface area contributed by atoms with Crippen LogP contribution in [0.4, 0.5) is 5.69 Å². The molecule has 1 N–H and O–H groups in total. The summed E-state index contributed by atoms with van der Waals surface area (Å²) in [6.45, 7) is 4.39. The van der Waals surface area contributed by atoms with Crippen molar-refractivity contribution in [3.05, 3.63) is 58.8 Å². The largest absolute Gasteiger partial charge is 0.450 e. The lowest BCUT2D eigenvalue weighted by molar-refractivity contribution is 0.0998. The molecular weight excluding hydrogens is 432 g/mol. The number of nitrogens with one attached hydrogen (secondary N) is 1. The van der Waals surface area contributed by atoms with E-state index in [0.717, 1.165) is 9.86 Å². The topological polar surface area (TPSA) is 79.6 Å². The molecule has 1 heterocycles. The molecule has 0 spiro atoms. The maximum absolute atomic E-state index is 12.5. The maximum atomic E-state index is 12.5. The molecule has 142 valence electrons. The molecule has 3 aromatic rings. The van der Waals surface area contributed by atoms with Crippen molar-refractivity contribution < 1.29 is 17.6 Å². The average Bonchev–Trinajstić information content (AvgIpc) is 3.09. The van der Waals surface area contributed by atoms with Gasteiger partial charge in [-0.2, -0.15) is 4.31 Å². The molecule has 1 amide bonds. The van der Waals surface area contributed by atoms with Crippen molar-refractivity contribution in [2.75, 3.05) is 18.4 Å². The number of halogens is 1. The Bertz CT molecular complexity index is 1070. The number of para-hydroxylation sites is 1. The fourth-order valence-corrected chi connectivity index (χ4v) is 4.68. The molecule has 6 nitrogen and oxygen atoms in total. The van der Waals surface area contributed by atoms with Crippen LogP contribution < -0.4 is 5.32 Å². The molecule has 0 atom stereocenters. The number of hydrogen-bond donors (Lipinski definition) is 1. The molecule has 0 fully saturated rings. The SMILES string of the molecule is CCN(CC)S(=O)(=O)c1ccc(NC(=O)c2cc3cccc(Br)c3o2)cc1. The van der Waals surface area contributed by atoms with E-state index >= 15 is 0 Å². The Morgan fingerprint density at radius 3 is 2.37 bits per heavy atom. The van der Waals surface area contributed by atoms with E-state index in [1.807, 2.05) is 18.2 Å². The van der Waals surface area contributed by atoms with Gasteiger partial charge in [-0.15, -0.1) is 0 Å². The van der Waals surface area contributed by atoms with Gasteiger partial charge in [0.25, 0.3) is 5.91 Å². The first-order valence-electron chi connectivity index (χ1n) is 8.46. The molecule has 0 radical (unpaired) electrons. The summed E-state index contributed by atoms with van der Waals surface area (Å²) in [6, 6.07) is 13.3. The number of benzene rings is 2.